The normalized spacial score (nSPS) is 9.50. The molecule has 2 rings (SSSR count). The van der Waals surface area contributed by atoms with Crippen molar-refractivity contribution in [3.05, 3.63) is 60.2 Å². The number of amidine groups is 1. The van der Waals surface area contributed by atoms with Crippen molar-refractivity contribution in [1.82, 2.24) is 0 Å². The van der Waals surface area contributed by atoms with Crippen LogP contribution in [-0.2, 0) is 6.42 Å². The van der Waals surface area contributed by atoms with E-state index in [1.807, 2.05) is 54.6 Å². The van der Waals surface area contributed by atoms with Gasteiger partial charge in [-0.15, -0.1) is 12.4 Å². The third-order valence-corrected chi connectivity index (χ3v) is 2.86. The van der Waals surface area contributed by atoms with Crippen LogP contribution in [0, 0.1) is 5.41 Å². The Morgan fingerprint density at radius 2 is 1.70 bits per heavy atom. The Labute approximate surface area is 125 Å². The number of nitrogens with two attached hydrogens (primary N) is 1. The highest BCUT2D eigenvalue weighted by atomic mass is 35.5. The van der Waals surface area contributed by atoms with Gasteiger partial charge < -0.3 is 4.74 Å². The lowest BCUT2D eigenvalue weighted by atomic mass is 10.1. The molecule has 106 valence electrons. The zero-order valence-corrected chi connectivity index (χ0v) is 12.1. The van der Waals surface area contributed by atoms with Gasteiger partial charge in [0.2, 0.25) is 0 Å². The zero-order valence-electron chi connectivity index (χ0n) is 11.2. The molecule has 0 spiro atoms. The van der Waals surface area contributed by atoms with Crippen molar-refractivity contribution < 1.29 is 4.74 Å². The Balaban J connectivity index is 0.00000200. The van der Waals surface area contributed by atoms with Crippen molar-refractivity contribution in [2.24, 2.45) is 5.84 Å². The summed E-state index contributed by atoms with van der Waals surface area (Å²) in [7, 11) is 1.62. The lowest BCUT2D eigenvalue weighted by Crippen LogP contribution is -2.38. The second kappa shape index (κ2) is 7.53. The van der Waals surface area contributed by atoms with Crippen molar-refractivity contribution in [3.63, 3.8) is 0 Å². The summed E-state index contributed by atoms with van der Waals surface area (Å²) in [6, 6.07) is 17.1. The number of benzene rings is 2. The minimum Gasteiger partial charge on any atom is -0.497 e. The van der Waals surface area contributed by atoms with Gasteiger partial charge in [-0.2, -0.15) is 0 Å². The van der Waals surface area contributed by atoms with Crippen LogP contribution in [0.1, 0.15) is 5.56 Å². The number of ether oxygens (including phenoxy) is 1. The summed E-state index contributed by atoms with van der Waals surface area (Å²) in [5, 5.41) is 9.42. The van der Waals surface area contributed by atoms with E-state index in [9.17, 15) is 0 Å². The SMILES string of the molecule is COc1ccc(N(N)C(=N)Cc2ccccc2)cc1.Cl. The molecule has 0 aliphatic carbocycles. The van der Waals surface area contributed by atoms with Crippen molar-refractivity contribution in [1.29, 1.82) is 5.41 Å². The molecule has 0 saturated carbocycles. The maximum atomic E-state index is 8.04. The third-order valence-electron chi connectivity index (χ3n) is 2.86. The Morgan fingerprint density at radius 3 is 2.25 bits per heavy atom. The summed E-state index contributed by atoms with van der Waals surface area (Å²) in [6.07, 6.45) is 0.503. The summed E-state index contributed by atoms with van der Waals surface area (Å²) >= 11 is 0. The number of hydrogen-bond donors (Lipinski definition) is 2. The van der Waals surface area contributed by atoms with Gasteiger partial charge >= 0.3 is 0 Å². The van der Waals surface area contributed by atoms with Crippen LogP contribution >= 0.6 is 12.4 Å². The summed E-state index contributed by atoms with van der Waals surface area (Å²) in [5.74, 6) is 7.06. The van der Waals surface area contributed by atoms with Crippen LogP contribution in [0.4, 0.5) is 5.69 Å². The van der Waals surface area contributed by atoms with Gasteiger partial charge in [-0.05, 0) is 29.8 Å². The zero-order chi connectivity index (χ0) is 13.7. The fourth-order valence-corrected chi connectivity index (χ4v) is 1.77. The summed E-state index contributed by atoms with van der Waals surface area (Å²) in [6.45, 7) is 0. The molecule has 2 aromatic carbocycles. The first-order chi connectivity index (χ1) is 9.20. The molecule has 0 unspecified atom stereocenters. The topological polar surface area (TPSA) is 62.3 Å². The molecule has 4 nitrogen and oxygen atoms in total. The van der Waals surface area contributed by atoms with Gasteiger partial charge in [0.05, 0.1) is 12.8 Å². The van der Waals surface area contributed by atoms with Gasteiger partial charge in [0.15, 0.2) is 0 Å². The number of nitrogens with one attached hydrogen (secondary N) is 1. The molecule has 0 bridgehead atoms. The van der Waals surface area contributed by atoms with Crippen molar-refractivity contribution in [2.75, 3.05) is 12.1 Å². The van der Waals surface area contributed by atoms with Crippen molar-refractivity contribution >= 4 is 23.9 Å². The fourth-order valence-electron chi connectivity index (χ4n) is 1.77. The number of rotatable bonds is 4. The molecule has 5 heteroatoms. The van der Waals surface area contributed by atoms with Crippen LogP contribution < -0.4 is 15.6 Å². The molecule has 20 heavy (non-hydrogen) atoms. The molecule has 0 heterocycles. The van der Waals surface area contributed by atoms with Gasteiger partial charge in [-0.3, -0.25) is 10.4 Å². The molecular weight excluding hydrogens is 274 g/mol. The van der Waals surface area contributed by atoms with E-state index in [-0.39, 0.29) is 12.4 Å². The molecule has 0 aliphatic rings. The predicted octanol–water partition coefficient (Wildman–Crippen LogP) is 3.02. The van der Waals surface area contributed by atoms with E-state index < -0.39 is 0 Å². The van der Waals surface area contributed by atoms with E-state index in [4.69, 9.17) is 16.0 Å². The number of hydrazine groups is 1. The highest BCUT2D eigenvalue weighted by Gasteiger charge is 2.08. The molecular formula is C15H18ClN3O. The second-order valence-corrected chi connectivity index (χ2v) is 4.18. The first-order valence-electron chi connectivity index (χ1n) is 6.01. The third kappa shape index (κ3) is 3.98. The van der Waals surface area contributed by atoms with Gasteiger partial charge in [-0.1, -0.05) is 30.3 Å². The highest BCUT2D eigenvalue weighted by molar-refractivity contribution is 5.95. The smallest absolute Gasteiger partial charge is 0.119 e. The lowest BCUT2D eigenvalue weighted by Gasteiger charge is -2.19. The summed E-state index contributed by atoms with van der Waals surface area (Å²) in [5.41, 5.74) is 1.83. The summed E-state index contributed by atoms with van der Waals surface area (Å²) in [4.78, 5) is 0. The Bertz CT molecular complexity index is 543. The fraction of sp³-hybridized carbons (Fsp3) is 0.133. The van der Waals surface area contributed by atoms with Gasteiger partial charge in [0, 0.05) is 6.42 Å². The minimum absolute atomic E-state index is 0. The largest absolute Gasteiger partial charge is 0.497 e. The lowest BCUT2D eigenvalue weighted by molar-refractivity contribution is 0.415. The Kier molecular flexibility index (Phi) is 6.03. The molecule has 0 saturated heterocycles. The Hall–Kier alpha value is -2.04. The predicted molar refractivity (Wildman–Crippen MR) is 84.8 cm³/mol. The van der Waals surface area contributed by atoms with Crippen LogP contribution in [0.2, 0.25) is 0 Å². The number of halogens is 1. The maximum Gasteiger partial charge on any atom is 0.119 e. The van der Waals surface area contributed by atoms with E-state index in [1.54, 1.807) is 7.11 Å². The van der Waals surface area contributed by atoms with Gasteiger partial charge in [0.25, 0.3) is 0 Å². The molecule has 0 aromatic heterocycles. The van der Waals surface area contributed by atoms with Crippen LogP contribution in [0.5, 0.6) is 5.75 Å². The highest BCUT2D eigenvalue weighted by Crippen LogP contribution is 2.18. The first kappa shape index (κ1) is 16.0. The van der Waals surface area contributed by atoms with Crippen molar-refractivity contribution in [3.8, 4) is 5.75 Å². The minimum atomic E-state index is 0. The second-order valence-electron chi connectivity index (χ2n) is 4.18. The Morgan fingerprint density at radius 1 is 1.10 bits per heavy atom. The average Bonchev–Trinajstić information content (AvgIpc) is 2.47. The molecule has 3 N–H and O–H groups in total. The van der Waals surface area contributed by atoms with Gasteiger partial charge in [0.1, 0.15) is 11.6 Å². The van der Waals surface area contributed by atoms with E-state index in [0.29, 0.717) is 12.3 Å². The number of nitrogens with zero attached hydrogens (tertiary/aromatic N) is 1. The molecule has 0 aliphatic heterocycles. The standard InChI is InChI=1S/C15H17N3O.ClH/c1-19-14-9-7-13(8-10-14)18(17)15(16)11-12-5-3-2-4-6-12;/h2-10,16H,11,17H2,1H3;1H. The van der Waals surface area contributed by atoms with Crippen LogP contribution in [-0.4, -0.2) is 12.9 Å². The molecule has 0 amide bonds. The number of methoxy groups -OCH3 is 1. The maximum absolute atomic E-state index is 8.04. The van der Waals surface area contributed by atoms with E-state index >= 15 is 0 Å². The molecule has 0 radical (unpaired) electrons. The van der Waals surface area contributed by atoms with Crippen LogP contribution in [0.15, 0.2) is 54.6 Å². The van der Waals surface area contributed by atoms with E-state index in [2.05, 4.69) is 0 Å². The van der Waals surface area contributed by atoms with Crippen LogP contribution in [0.25, 0.3) is 0 Å². The molecule has 0 atom stereocenters. The van der Waals surface area contributed by atoms with Crippen LogP contribution in [0.3, 0.4) is 0 Å². The van der Waals surface area contributed by atoms with Crippen molar-refractivity contribution in [2.45, 2.75) is 6.42 Å². The molecule has 0 fully saturated rings. The molecule has 2 aromatic rings. The summed E-state index contributed by atoms with van der Waals surface area (Å²) < 4.78 is 5.09. The van der Waals surface area contributed by atoms with Gasteiger partial charge in [-0.25, -0.2) is 5.84 Å². The number of hydrogen-bond acceptors (Lipinski definition) is 3. The quantitative estimate of drug-likeness (QED) is 0.394. The van der Waals surface area contributed by atoms with E-state index in [1.165, 1.54) is 5.01 Å². The monoisotopic (exact) mass is 291 g/mol. The van der Waals surface area contributed by atoms with E-state index in [0.717, 1.165) is 17.0 Å². The number of anilines is 1. The first-order valence-corrected chi connectivity index (χ1v) is 6.01. The average molecular weight is 292 g/mol.